The first-order chi connectivity index (χ1) is 13.1. The zero-order chi connectivity index (χ0) is 18.8. The van der Waals surface area contributed by atoms with Crippen LogP contribution < -0.4 is 5.23 Å². The van der Waals surface area contributed by atoms with Crippen molar-refractivity contribution in [3.05, 3.63) is 71.3 Å². The number of quaternary nitrogens is 1. The van der Waals surface area contributed by atoms with Gasteiger partial charge in [-0.15, -0.1) is 0 Å². The normalized spacial score (nSPS) is 21.4. The fraction of sp³-hybridized carbons (Fsp3) is 0.263. The average Bonchev–Trinajstić information content (AvgIpc) is 3.29. The number of hydrogen-bond donors (Lipinski definition) is 3. The third kappa shape index (κ3) is 3.90. The quantitative estimate of drug-likeness (QED) is 0.585. The van der Waals surface area contributed by atoms with Crippen molar-refractivity contribution in [2.24, 2.45) is 0 Å². The molecule has 1 aliphatic heterocycles. The van der Waals surface area contributed by atoms with Crippen LogP contribution in [-0.2, 0) is 6.54 Å². The molecule has 0 amide bonds. The van der Waals surface area contributed by atoms with E-state index in [4.69, 9.17) is 9.73 Å². The molecule has 0 radical (unpaired) electrons. The van der Waals surface area contributed by atoms with Crippen LogP contribution in [0.2, 0.25) is 0 Å². The third-order valence-corrected chi connectivity index (χ3v) is 4.73. The molecule has 0 saturated carbocycles. The van der Waals surface area contributed by atoms with Crippen molar-refractivity contribution < 1.29 is 20.1 Å². The molecule has 2 heterocycles. The zero-order valence-electron chi connectivity index (χ0n) is 14.5. The summed E-state index contributed by atoms with van der Waals surface area (Å²) in [5, 5.41) is 33.3. The van der Waals surface area contributed by atoms with Crippen LogP contribution in [0.1, 0.15) is 23.9 Å². The van der Waals surface area contributed by atoms with Crippen molar-refractivity contribution in [2.75, 3.05) is 6.54 Å². The summed E-state index contributed by atoms with van der Waals surface area (Å²) < 4.78 is 5.48. The van der Waals surface area contributed by atoms with Gasteiger partial charge in [-0.25, -0.2) is 5.21 Å². The van der Waals surface area contributed by atoms with E-state index in [9.17, 15) is 10.3 Å². The maximum atomic E-state index is 11.0. The molecule has 4 rings (SSSR count). The van der Waals surface area contributed by atoms with Crippen LogP contribution in [0.4, 0.5) is 5.69 Å². The first kappa shape index (κ1) is 17.8. The van der Waals surface area contributed by atoms with Crippen molar-refractivity contribution >= 4 is 5.69 Å². The first-order valence-corrected chi connectivity index (χ1v) is 8.73. The molecule has 1 aromatic heterocycles. The highest BCUT2D eigenvalue weighted by Crippen LogP contribution is 2.33. The Hall–Kier alpha value is -2.62. The van der Waals surface area contributed by atoms with Crippen LogP contribution in [0.5, 0.6) is 0 Å². The van der Waals surface area contributed by atoms with E-state index < -0.39 is 11.3 Å². The van der Waals surface area contributed by atoms with E-state index in [-0.39, 0.29) is 11.7 Å². The second-order valence-corrected chi connectivity index (χ2v) is 6.66. The maximum Gasteiger partial charge on any atom is 0.244 e. The van der Waals surface area contributed by atoms with Gasteiger partial charge in [0.05, 0.1) is 12.1 Å². The summed E-state index contributed by atoms with van der Waals surface area (Å²) in [6, 6.07) is 16.1. The van der Waals surface area contributed by atoms with Gasteiger partial charge in [-0.05, 0) is 12.0 Å². The number of nitrogens with zero attached hydrogens (tertiary/aromatic N) is 3. The van der Waals surface area contributed by atoms with Crippen molar-refractivity contribution in [3.8, 4) is 11.4 Å². The molecule has 8 nitrogen and oxygen atoms in total. The summed E-state index contributed by atoms with van der Waals surface area (Å²) >= 11 is 0. The van der Waals surface area contributed by atoms with Gasteiger partial charge in [0, 0.05) is 30.8 Å². The molecule has 1 aliphatic rings. The van der Waals surface area contributed by atoms with Gasteiger partial charge in [0.1, 0.15) is 0 Å². The number of benzene rings is 2. The molecule has 27 heavy (non-hydrogen) atoms. The molecule has 1 saturated heterocycles. The number of hydrogen-bond acceptors (Lipinski definition) is 7. The van der Waals surface area contributed by atoms with Gasteiger partial charge in [0.15, 0.2) is 5.69 Å². The predicted octanol–water partition coefficient (Wildman–Crippen LogP) is 1.45. The van der Waals surface area contributed by atoms with Crippen molar-refractivity contribution in [2.45, 2.75) is 25.1 Å². The number of aliphatic hydroxyl groups excluding tert-OH is 1. The van der Waals surface area contributed by atoms with E-state index in [0.29, 0.717) is 31.2 Å². The summed E-state index contributed by atoms with van der Waals surface area (Å²) in [4.78, 5) is 6.59. The molecule has 3 N–H and O–H groups in total. The number of aliphatic hydroxyl groups is 1. The first-order valence-electron chi connectivity index (χ1n) is 8.73. The SMILES string of the molecule is [O-][NH+](O)c1ccc(CN2C[C@H](O)C[C@H]2c2nc(-c3ccccc3)no2)cc1. The molecule has 3 aromatic rings. The van der Waals surface area contributed by atoms with Crippen LogP contribution in [0, 0.1) is 5.21 Å². The van der Waals surface area contributed by atoms with E-state index in [2.05, 4.69) is 15.0 Å². The predicted molar refractivity (Wildman–Crippen MR) is 95.7 cm³/mol. The highest BCUT2D eigenvalue weighted by atomic mass is 16.8. The van der Waals surface area contributed by atoms with Gasteiger partial charge >= 0.3 is 0 Å². The summed E-state index contributed by atoms with van der Waals surface area (Å²) in [6.45, 7) is 1.05. The summed E-state index contributed by atoms with van der Waals surface area (Å²) in [5.41, 5.74) is 2.09. The molecular weight excluding hydrogens is 348 g/mol. The average molecular weight is 368 g/mol. The lowest BCUT2D eigenvalue weighted by Crippen LogP contribution is -2.99. The minimum absolute atomic E-state index is 0.177. The number of β-amino-alcohol motifs (C(OH)–C–C–N with tert-alkyl or cyclic N) is 1. The Morgan fingerprint density at radius 3 is 2.59 bits per heavy atom. The van der Waals surface area contributed by atoms with Crippen molar-refractivity contribution in [1.82, 2.24) is 15.0 Å². The molecule has 2 aromatic carbocycles. The van der Waals surface area contributed by atoms with Gasteiger partial charge in [-0.1, -0.05) is 47.6 Å². The minimum atomic E-state index is -0.949. The van der Waals surface area contributed by atoms with Gasteiger partial charge < -0.3 is 14.8 Å². The van der Waals surface area contributed by atoms with Gasteiger partial charge in [-0.3, -0.25) is 4.90 Å². The Bertz CT molecular complexity index is 882. The Morgan fingerprint density at radius 2 is 1.89 bits per heavy atom. The Kier molecular flexibility index (Phi) is 4.97. The second kappa shape index (κ2) is 7.55. The van der Waals surface area contributed by atoms with Crippen molar-refractivity contribution in [3.63, 3.8) is 0 Å². The molecule has 0 bridgehead atoms. The molecule has 8 heteroatoms. The molecule has 3 atom stereocenters. The Morgan fingerprint density at radius 1 is 1.15 bits per heavy atom. The van der Waals surface area contributed by atoms with Crippen LogP contribution in [0.3, 0.4) is 0 Å². The fourth-order valence-corrected chi connectivity index (χ4v) is 3.37. The van der Waals surface area contributed by atoms with Crippen molar-refractivity contribution in [1.29, 1.82) is 0 Å². The smallest absolute Gasteiger partial charge is 0.244 e. The van der Waals surface area contributed by atoms with Crippen LogP contribution in [-0.4, -0.2) is 38.0 Å². The maximum absolute atomic E-state index is 11.0. The van der Waals surface area contributed by atoms with Gasteiger partial charge in [-0.2, -0.15) is 10.2 Å². The molecular formula is C19H20N4O4. The topological polar surface area (TPSA) is 110 Å². The third-order valence-electron chi connectivity index (χ3n) is 4.73. The second-order valence-electron chi connectivity index (χ2n) is 6.66. The zero-order valence-corrected chi connectivity index (χ0v) is 14.5. The minimum Gasteiger partial charge on any atom is -0.595 e. The molecule has 0 spiro atoms. The summed E-state index contributed by atoms with van der Waals surface area (Å²) in [6.07, 6.45) is 0.0456. The standard InChI is InChI=1S/C19H20N4O4/c24-16-10-17(19-20-18(21-27-19)14-4-2-1-3-5-14)22(12-16)11-13-6-8-15(9-7-13)23(25)26/h1-9,16-17,23-25H,10-12H2/t16-,17+/m1/s1. The summed E-state index contributed by atoms with van der Waals surface area (Å²) in [5.74, 6) is 1.00. The van der Waals surface area contributed by atoms with Gasteiger partial charge in [0.25, 0.3) is 0 Å². The number of nitrogens with one attached hydrogen (secondary N) is 1. The Balaban J connectivity index is 1.52. The fourth-order valence-electron chi connectivity index (χ4n) is 3.37. The Labute approximate surface area is 155 Å². The largest absolute Gasteiger partial charge is 0.595 e. The van der Waals surface area contributed by atoms with Crippen LogP contribution in [0.25, 0.3) is 11.4 Å². The van der Waals surface area contributed by atoms with E-state index in [1.165, 1.54) is 0 Å². The van der Waals surface area contributed by atoms with E-state index in [0.717, 1.165) is 11.1 Å². The van der Waals surface area contributed by atoms with E-state index >= 15 is 0 Å². The van der Waals surface area contributed by atoms with Gasteiger partial charge in [0.2, 0.25) is 11.7 Å². The monoisotopic (exact) mass is 368 g/mol. The number of likely N-dealkylation sites (tertiary alicyclic amines) is 1. The lowest BCUT2D eigenvalue weighted by atomic mass is 10.1. The van der Waals surface area contributed by atoms with Crippen LogP contribution >= 0.6 is 0 Å². The number of aromatic nitrogens is 2. The van der Waals surface area contributed by atoms with Crippen LogP contribution in [0.15, 0.2) is 59.1 Å². The molecule has 1 unspecified atom stereocenters. The molecule has 1 fully saturated rings. The molecule has 0 aliphatic carbocycles. The van der Waals surface area contributed by atoms with E-state index in [1.807, 2.05) is 30.3 Å². The lowest BCUT2D eigenvalue weighted by Gasteiger charge is -2.21. The summed E-state index contributed by atoms with van der Waals surface area (Å²) in [7, 11) is 0. The number of rotatable bonds is 5. The van der Waals surface area contributed by atoms with E-state index in [1.54, 1.807) is 24.3 Å². The highest BCUT2D eigenvalue weighted by molar-refractivity contribution is 5.53. The lowest BCUT2D eigenvalue weighted by molar-refractivity contribution is -0.991. The highest BCUT2D eigenvalue weighted by Gasteiger charge is 2.35. The molecule has 140 valence electrons.